The monoisotopic (exact) mass is 452 g/mol. The first-order chi connectivity index (χ1) is 16.1. The lowest BCUT2D eigenvalue weighted by atomic mass is 9.90. The molecule has 0 bridgehead atoms. The Morgan fingerprint density at radius 1 is 0.441 bits per heavy atom. The summed E-state index contributed by atoms with van der Waals surface area (Å²) in [6, 6.07) is 36.8. The summed E-state index contributed by atoms with van der Waals surface area (Å²) >= 11 is 0. The molecule has 2 heteroatoms. The molecule has 0 heterocycles. The zero-order valence-corrected chi connectivity index (χ0v) is 20.7. The van der Waals surface area contributed by atoms with Gasteiger partial charge in [0.05, 0.1) is 11.2 Å². The predicted molar refractivity (Wildman–Crippen MR) is 142 cm³/mol. The maximum atomic E-state index is 10.1. The van der Waals surface area contributed by atoms with Gasteiger partial charge in [-0.1, -0.05) is 109 Å². The molecule has 0 aliphatic rings. The summed E-state index contributed by atoms with van der Waals surface area (Å²) in [4.78, 5) is 0. The van der Waals surface area contributed by atoms with E-state index in [0.29, 0.717) is 0 Å². The fraction of sp³-hybridized carbons (Fsp3) is 0.250. The standard InChI is InChI=1S/2C16H18O/c2*1-16(2,17)15-11-7-6-10-14(15)12-13-8-4-3-5-9-13/h2*3-11,17H,12H2,1-2H3. The van der Waals surface area contributed by atoms with E-state index in [1.54, 1.807) is 0 Å². The van der Waals surface area contributed by atoms with Gasteiger partial charge in [0.2, 0.25) is 0 Å². The first-order valence-electron chi connectivity index (χ1n) is 11.8. The largest absolute Gasteiger partial charge is 0.386 e. The van der Waals surface area contributed by atoms with E-state index < -0.39 is 11.2 Å². The highest BCUT2D eigenvalue weighted by molar-refractivity contribution is 5.37. The second kappa shape index (κ2) is 11.3. The average Bonchev–Trinajstić information content (AvgIpc) is 2.80. The lowest BCUT2D eigenvalue weighted by Gasteiger charge is -2.21. The van der Waals surface area contributed by atoms with Crippen LogP contribution in [0.2, 0.25) is 0 Å². The summed E-state index contributed by atoms with van der Waals surface area (Å²) in [5.74, 6) is 0. The first-order valence-corrected chi connectivity index (χ1v) is 11.8. The van der Waals surface area contributed by atoms with Gasteiger partial charge >= 0.3 is 0 Å². The molecule has 4 rings (SSSR count). The quantitative estimate of drug-likeness (QED) is 0.330. The van der Waals surface area contributed by atoms with Crippen LogP contribution >= 0.6 is 0 Å². The second-order valence-electron chi connectivity index (χ2n) is 9.76. The molecule has 0 atom stereocenters. The summed E-state index contributed by atoms with van der Waals surface area (Å²) in [6.07, 6.45) is 1.72. The smallest absolute Gasteiger partial charge is 0.0843 e. The van der Waals surface area contributed by atoms with E-state index >= 15 is 0 Å². The molecule has 0 saturated carbocycles. The van der Waals surface area contributed by atoms with Crippen molar-refractivity contribution in [1.82, 2.24) is 0 Å². The molecule has 4 aromatic rings. The first kappa shape index (κ1) is 25.4. The fourth-order valence-corrected chi connectivity index (χ4v) is 4.17. The lowest BCUT2D eigenvalue weighted by Crippen LogP contribution is -2.18. The number of hydrogen-bond donors (Lipinski definition) is 2. The van der Waals surface area contributed by atoms with E-state index in [4.69, 9.17) is 0 Å². The second-order valence-corrected chi connectivity index (χ2v) is 9.76. The zero-order chi connectivity index (χ0) is 24.6. The molecule has 0 aromatic heterocycles. The van der Waals surface area contributed by atoms with Crippen molar-refractivity contribution in [3.05, 3.63) is 143 Å². The van der Waals surface area contributed by atoms with Gasteiger partial charge < -0.3 is 10.2 Å². The Morgan fingerprint density at radius 2 is 0.735 bits per heavy atom. The number of rotatable bonds is 6. The highest BCUT2D eigenvalue weighted by Gasteiger charge is 2.20. The van der Waals surface area contributed by atoms with Crippen LogP contribution < -0.4 is 0 Å². The number of aliphatic hydroxyl groups is 2. The van der Waals surface area contributed by atoms with Crippen molar-refractivity contribution in [3.8, 4) is 0 Å². The van der Waals surface area contributed by atoms with E-state index in [9.17, 15) is 10.2 Å². The van der Waals surface area contributed by atoms with Gasteiger partial charge in [0.1, 0.15) is 0 Å². The molecule has 176 valence electrons. The maximum Gasteiger partial charge on any atom is 0.0843 e. The lowest BCUT2D eigenvalue weighted by molar-refractivity contribution is 0.0771. The summed E-state index contributed by atoms with van der Waals surface area (Å²) in [6.45, 7) is 7.32. The van der Waals surface area contributed by atoms with E-state index in [2.05, 4.69) is 36.4 Å². The van der Waals surface area contributed by atoms with Crippen molar-refractivity contribution in [2.45, 2.75) is 51.7 Å². The summed E-state index contributed by atoms with van der Waals surface area (Å²) < 4.78 is 0. The van der Waals surface area contributed by atoms with Gasteiger partial charge in [-0.2, -0.15) is 0 Å². The zero-order valence-electron chi connectivity index (χ0n) is 20.7. The molecule has 0 aliphatic carbocycles. The maximum absolute atomic E-state index is 10.1. The molecule has 0 fully saturated rings. The van der Waals surface area contributed by atoms with Crippen molar-refractivity contribution in [2.75, 3.05) is 0 Å². The van der Waals surface area contributed by atoms with Gasteiger partial charge in [-0.3, -0.25) is 0 Å². The number of hydrogen-bond acceptors (Lipinski definition) is 2. The molecule has 0 radical (unpaired) electrons. The van der Waals surface area contributed by atoms with Crippen LogP contribution in [0.3, 0.4) is 0 Å². The van der Waals surface area contributed by atoms with Crippen LogP contribution in [-0.2, 0) is 24.0 Å². The predicted octanol–water partition coefficient (Wildman–Crippen LogP) is 7.01. The minimum absolute atomic E-state index is 0.786. The van der Waals surface area contributed by atoms with E-state index in [0.717, 1.165) is 24.0 Å². The third-order valence-electron chi connectivity index (χ3n) is 5.83. The SMILES string of the molecule is CC(C)(O)c1ccccc1Cc1ccccc1.CC(C)(O)c1ccccc1Cc1ccccc1. The van der Waals surface area contributed by atoms with Gasteiger partial charge in [-0.05, 0) is 73.9 Å². The molecule has 0 amide bonds. The Labute approximate surface area is 204 Å². The minimum atomic E-state index is -0.786. The Morgan fingerprint density at radius 3 is 1.06 bits per heavy atom. The third kappa shape index (κ3) is 7.41. The third-order valence-corrected chi connectivity index (χ3v) is 5.83. The molecule has 0 saturated heterocycles. The van der Waals surface area contributed by atoms with Crippen LogP contribution in [0.1, 0.15) is 61.1 Å². The van der Waals surface area contributed by atoms with E-state index in [-0.39, 0.29) is 0 Å². The van der Waals surface area contributed by atoms with Gasteiger partial charge in [-0.25, -0.2) is 0 Å². The van der Waals surface area contributed by atoms with Crippen LogP contribution in [0.15, 0.2) is 109 Å². The molecule has 4 aromatic carbocycles. The van der Waals surface area contributed by atoms with Gasteiger partial charge in [0, 0.05) is 0 Å². The van der Waals surface area contributed by atoms with Gasteiger partial charge in [0.25, 0.3) is 0 Å². The number of benzene rings is 4. The minimum Gasteiger partial charge on any atom is -0.386 e. The van der Waals surface area contributed by atoms with Crippen LogP contribution in [0.4, 0.5) is 0 Å². The highest BCUT2D eigenvalue weighted by atomic mass is 16.3. The van der Waals surface area contributed by atoms with Crippen molar-refractivity contribution < 1.29 is 10.2 Å². The Hall–Kier alpha value is -3.20. The average molecular weight is 453 g/mol. The fourth-order valence-electron chi connectivity index (χ4n) is 4.17. The summed E-state index contributed by atoms with van der Waals surface area (Å²) in [5.41, 5.74) is 5.34. The van der Waals surface area contributed by atoms with Crippen molar-refractivity contribution in [3.63, 3.8) is 0 Å². The molecular weight excluding hydrogens is 416 g/mol. The van der Waals surface area contributed by atoms with E-state index in [1.165, 1.54) is 22.3 Å². The van der Waals surface area contributed by atoms with Crippen LogP contribution in [-0.4, -0.2) is 10.2 Å². The summed E-state index contributed by atoms with van der Waals surface area (Å²) in [7, 11) is 0. The Kier molecular flexibility index (Phi) is 8.44. The van der Waals surface area contributed by atoms with Gasteiger partial charge in [-0.15, -0.1) is 0 Å². The van der Waals surface area contributed by atoms with Crippen molar-refractivity contribution >= 4 is 0 Å². The highest BCUT2D eigenvalue weighted by Crippen LogP contribution is 2.26. The Balaban J connectivity index is 0.000000191. The van der Waals surface area contributed by atoms with Gasteiger partial charge in [0.15, 0.2) is 0 Å². The van der Waals surface area contributed by atoms with Crippen molar-refractivity contribution in [1.29, 1.82) is 0 Å². The van der Waals surface area contributed by atoms with Crippen LogP contribution in [0.25, 0.3) is 0 Å². The molecular formula is C32H36O2. The molecule has 2 N–H and O–H groups in total. The molecule has 0 spiro atoms. The van der Waals surface area contributed by atoms with Crippen molar-refractivity contribution in [2.24, 2.45) is 0 Å². The van der Waals surface area contributed by atoms with Crippen LogP contribution in [0.5, 0.6) is 0 Å². The summed E-state index contributed by atoms with van der Waals surface area (Å²) in [5, 5.41) is 20.3. The Bertz CT molecular complexity index is 1060. The molecule has 34 heavy (non-hydrogen) atoms. The molecule has 0 unspecified atom stereocenters. The molecule has 0 aliphatic heterocycles. The van der Waals surface area contributed by atoms with Crippen LogP contribution in [0, 0.1) is 0 Å². The topological polar surface area (TPSA) is 40.5 Å². The normalized spacial score (nSPS) is 11.5. The molecule has 2 nitrogen and oxygen atoms in total. The van der Waals surface area contributed by atoms with E-state index in [1.807, 2.05) is 100 Å².